The summed E-state index contributed by atoms with van der Waals surface area (Å²) in [5.41, 5.74) is 0.534. The highest BCUT2D eigenvalue weighted by atomic mass is 35.5. The van der Waals surface area contributed by atoms with Gasteiger partial charge in [0, 0.05) is 17.5 Å². The van der Waals surface area contributed by atoms with Gasteiger partial charge < -0.3 is 14.8 Å². The molecule has 0 aliphatic rings. The molecule has 5 heteroatoms. The second-order valence-electron chi connectivity index (χ2n) is 4.46. The molecule has 0 aromatic heterocycles. The highest BCUT2D eigenvalue weighted by molar-refractivity contribution is 6.18. The standard InChI is InChI=1S/C14H20ClNO3/c1-9(8-15)10(2)16-14(17)11-5-6-12(18-3)13(7-11)19-4/h5-7,9-10H,8H2,1-4H3,(H,16,17). The van der Waals surface area contributed by atoms with Gasteiger partial charge in [0.2, 0.25) is 0 Å². The topological polar surface area (TPSA) is 47.6 Å². The number of benzene rings is 1. The van der Waals surface area contributed by atoms with E-state index in [1.807, 2.05) is 13.8 Å². The maximum absolute atomic E-state index is 12.1. The average Bonchev–Trinajstić information content (AvgIpc) is 2.45. The molecular weight excluding hydrogens is 266 g/mol. The van der Waals surface area contributed by atoms with Gasteiger partial charge in [0.05, 0.1) is 14.2 Å². The van der Waals surface area contributed by atoms with E-state index >= 15 is 0 Å². The lowest BCUT2D eigenvalue weighted by Gasteiger charge is -2.19. The first-order valence-corrected chi connectivity index (χ1v) is 6.65. The molecule has 19 heavy (non-hydrogen) atoms. The van der Waals surface area contributed by atoms with Crippen LogP contribution >= 0.6 is 11.6 Å². The molecule has 2 atom stereocenters. The summed E-state index contributed by atoms with van der Waals surface area (Å²) in [6.45, 7) is 3.93. The van der Waals surface area contributed by atoms with Crippen LogP contribution in [0.15, 0.2) is 18.2 Å². The van der Waals surface area contributed by atoms with Crippen molar-refractivity contribution in [2.45, 2.75) is 19.9 Å². The summed E-state index contributed by atoms with van der Waals surface area (Å²) < 4.78 is 10.3. The molecule has 1 amide bonds. The van der Waals surface area contributed by atoms with Crippen LogP contribution in [-0.4, -0.2) is 32.0 Å². The second kappa shape index (κ2) is 7.24. The first kappa shape index (κ1) is 15.6. The highest BCUT2D eigenvalue weighted by Crippen LogP contribution is 2.27. The fraction of sp³-hybridized carbons (Fsp3) is 0.500. The third-order valence-electron chi connectivity index (χ3n) is 3.10. The molecule has 0 aliphatic carbocycles. The van der Waals surface area contributed by atoms with E-state index in [2.05, 4.69) is 5.32 Å². The minimum atomic E-state index is -0.148. The lowest BCUT2D eigenvalue weighted by molar-refractivity contribution is 0.0930. The summed E-state index contributed by atoms with van der Waals surface area (Å²) in [6.07, 6.45) is 0. The van der Waals surface area contributed by atoms with Gasteiger partial charge in [-0.15, -0.1) is 11.6 Å². The number of amides is 1. The van der Waals surface area contributed by atoms with Crippen LogP contribution in [0.5, 0.6) is 11.5 Å². The summed E-state index contributed by atoms with van der Waals surface area (Å²) in [5.74, 6) is 1.71. The molecule has 4 nitrogen and oxygen atoms in total. The Kier molecular flexibility index (Phi) is 5.96. The first-order chi connectivity index (χ1) is 9.03. The zero-order chi connectivity index (χ0) is 14.4. The number of carbonyl (C=O) groups is 1. The lowest BCUT2D eigenvalue weighted by atomic mass is 10.1. The average molecular weight is 286 g/mol. The van der Waals surface area contributed by atoms with Crippen molar-refractivity contribution in [3.05, 3.63) is 23.8 Å². The van der Waals surface area contributed by atoms with Gasteiger partial charge in [0.15, 0.2) is 11.5 Å². The van der Waals surface area contributed by atoms with Gasteiger partial charge in [-0.1, -0.05) is 6.92 Å². The maximum Gasteiger partial charge on any atom is 0.251 e. The first-order valence-electron chi connectivity index (χ1n) is 6.12. The minimum Gasteiger partial charge on any atom is -0.493 e. The summed E-state index contributed by atoms with van der Waals surface area (Å²) in [6, 6.07) is 5.09. The van der Waals surface area contributed by atoms with Crippen molar-refractivity contribution in [1.82, 2.24) is 5.32 Å². The Morgan fingerprint density at radius 3 is 2.42 bits per heavy atom. The fourth-order valence-electron chi connectivity index (χ4n) is 1.54. The summed E-state index contributed by atoms with van der Waals surface area (Å²) in [7, 11) is 3.10. The van der Waals surface area contributed by atoms with E-state index in [-0.39, 0.29) is 17.9 Å². The van der Waals surface area contributed by atoms with Crippen LogP contribution in [0.1, 0.15) is 24.2 Å². The minimum absolute atomic E-state index is 0.0121. The van der Waals surface area contributed by atoms with E-state index in [0.717, 1.165) is 0 Å². The molecule has 2 unspecified atom stereocenters. The van der Waals surface area contributed by atoms with Crippen molar-refractivity contribution in [2.75, 3.05) is 20.1 Å². The summed E-state index contributed by atoms with van der Waals surface area (Å²) in [4.78, 5) is 12.1. The molecule has 0 bridgehead atoms. The van der Waals surface area contributed by atoms with E-state index in [9.17, 15) is 4.79 Å². The van der Waals surface area contributed by atoms with E-state index in [4.69, 9.17) is 21.1 Å². The van der Waals surface area contributed by atoms with Gasteiger partial charge >= 0.3 is 0 Å². The number of methoxy groups -OCH3 is 2. The molecule has 0 spiro atoms. The molecule has 1 aromatic carbocycles. The highest BCUT2D eigenvalue weighted by Gasteiger charge is 2.16. The van der Waals surface area contributed by atoms with Crippen molar-refractivity contribution < 1.29 is 14.3 Å². The molecule has 0 heterocycles. The van der Waals surface area contributed by atoms with Gasteiger partial charge in [-0.3, -0.25) is 4.79 Å². The number of nitrogens with one attached hydrogen (secondary N) is 1. The van der Waals surface area contributed by atoms with Crippen molar-refractivity contribution in [3.63, 3.8) is 0 Å². The van der Waals surface area contributed by atoms with E-state index in [0.29, 0.717) is 22.9 Å². The van der Waals surface area contributed by atoms with Crippen LogP contribution in [0.3, 0.4) is 0 Å². The quantitative estimate of drug-likeness (QED) is 0.818. The Bertz CT molecular complexity index is 437. The van der Waals surface area contributed by atoms with Crippen LogP contribution in [-0.2, 0) is 0 Å². The third-order valence-corrected chi connectivity index (χ3v) is 3.59. The third kappa shape index (κ3) is 4.03. The zero-order valence-electron chi connectivity index (χ0n) is 11.7. The molecular formula is C14H20ClNO3. The number of carbonyl (C=O) groups excluding carboxylic acids is 1. The van der Waals surface area contributed by atoms with E-state index in [1.165, 1.54) is 7.11 Å². The number of ether oxygens (including phenoxy) is 2. The van der Waals surface area contributed by atoms with Crippen LogP contribution in [0.25, 0.3) is 0 Å². The predicted molar refractivity (Wildman–Crippen MR) is 76.4 cm³/mol. The smallest absolute Gasteiger partial charge is 0.251 e. The molecule has 0 fully saturated rings. The summed E-state index contributed by atoms with van der Waals surface area (Å²) in [5, 5.41) is 2.92. The van der Waals surface area contributed by atoms with Crippen molar-refractivity contribution >= 4 is 17.5 Å². The number of rotatable bonds is 6. The molecule has 1 rings (SSSR count). The van der Waals surface area contributed by atoms with Gasteiger partial charge in [0.25, 0.3) is 5.91 Å². The van der Waals surface area contributed by atoms with Crippen LogP contribution < -0.4 is 14.8 Å². The van der Waals surface area contributed by atoms with Crippen molar-refractivity contribution in [2.24, 2.45) is 5.92 Å². The van der Waals surface area contributed by atoms with E-state index < -0.39 is 0 Å². The van der Waals surface area contributed by atoms with Gasteiger partial charge in [0.1, 0.15) is 0 Å². The molecule has 1 aromatic rings. The Morgan fingerprint density at radius 1 is 1.26 bits per heavy atom. The summed E-state index contributed by atoms with van der Waals surface area (Å²) >= 11 is 5.78. The Labute approximate surface area is 119 Å². The fourth-order valence-corrected chi connectivity index (χ4v) is 1.81. The molecule has 0 saturated carbocycles. The normalized spacial score (nSPS) is 13.5. The second-order valence-corrected chi connectivity index (χ2v) is 4.77. The molecule has 106 valence electrons. The zero-order valence-corrected chi connectivity index (χ0v) is 12.5. The lowest BCUT2D eigenvalue weighted by Crippen LogP contribution is -2.37. The number of alkyl halides is 1. The molecule has 0 saturated heterocycles. The number of halogens is 1. The largest absolute Gasteiger partial charge is 0.493 e. The Balaban J connectivity index is 2.83. The van der Waals surface area contributed by atoms with E-state index in [1.54, 1.807) is 25.3 Å². The van der Waals surface area contributed by atoms with Crippen molar-refractivity contribution in [1.29, 1.82) is 0 Å². The Morgan fingerprint density at radius 2 is 1.89 bits per heavy atom. The predicted octanol–water partition coefficient (Wildman–Crippen LogP) is 2.70. The van der Waals surface area contributed by atoms with Gasteiger partial charge in [-0.05, 0) is 31.0 Å². The SMILES string of the molecule is COc1ccc(C(=O)NC(C)C(C)CCl)cc1OC. The van der Waals surface area contributed by atoms with Crippen LogP contribution in [0, 0.1) is 5.92 Å². The molecule has 0 aliphatic heterocycles. The molecule has 0 radical (unpaired) electrons. The number of hydrogen-bond donors (Lipinski definition) is 1. The van der Waals surface area contributed by atoms with Gasteiger partial charge in [-0.2, -0.15) is 0 Å². The van der Waals surface area contributed by atoms with Crippen molar-refractivity contribution in [3.8, 4) is 11.5 Å². The van der Waals surface area contributed by atoms with Crippen LogP contribution in [0.2, 0.25) is 0 Å². The van der Waals surface area contributed by atoms with Crippen LogP contribution in [0.4, 0.5) is 0 Å². The Hall–Kier alpha value is -1.42. The maximum atomic E-state index is 12.1. The number of hydrogen-bond acceptors (Lipinski definition) is 3. The monoisotopic (exact) mass is 285 g/mol. The molecule has 1 N–H and O–H groups in total. The van der Waals surface area contributed by atoms with Gasteiger partial charge in [-0.25, -0.2) is 0 Å².